The highest BCUT2D eigenvalue weighted by Gasteiger charge is 2.48. The van der Waals surface area contributed by atoms with Crippen molar-refractivity contribution >= 4 is 16.3 Å². The molecule has 0 aromatic carbocycles. The molecule has 1 rings (SSSR count). The lowest BCUT2D eigenvalue weighted by molar-refractivity contribution is -0.298. The molecule has 0 aromatic heterocycles. The van der Waals surface area contributed by atoms with Crippen molar-refractivity contribution in [2.75, 3.05) is 13.2 Å². The van der Waals surface area contributed by atoms with Gasteiger partial charge in [0.1, 0.15) is 30.5 Å². The number of hydrogen-bond donors (Lipinski definition) is 7. The van der Waals surface area contributed by atoms with E-state index in [2.05, 4.69) is 23.3 Å². The van der Waals surface area contributed by atoms with Crippen LogP contribution in [-0.4, -0.2) is 107 Å². The maximum absolute atomic E-state index is 13.1. The molecule has 14 heteroatoms. The van der Waals surface area contributed by atoms with Crippen molar-refractivity contribution in [1.29, 1.82) is 0 Å². The molecule has 0 radical (unpaired) electrons. The average molecular weight is 866 g/mol. The molecule has 350 valence electrons. The van der Waals surface area contributed by atoms with E-state index >= 15 is 0 Å². The number of amides is 1. The monoisotopic (exact) mass is 866 g/mol. The molecule has 13 nitrogen and oxygen atoms in total. The third kappa shape index (κ3) is 28.9. The first-order chi connectivity index (χ1) is 28.4. The molecule has 7 N–H and O–H groups in total. The molecule has 8 unspecified atom stereocenters. The minimum atomic E-state index is -5.11. The maximum Gasteiger partial charge on any atom is 0.397 e. The van der Waals surface area contributed by atoms with Gasteiger partial charge >= 0.3 is 10.4 Å². The lowest BCUT2D eigenvalue weighted by Crippen LogP contribution is -2.61. The third-order valence-corrected chi connectivity index (χ3v) is 11.9. The number of unbranched alkanes of at least 4 members (excludes halogenated alkanes) is 27. The number of nitrogens with one attached hydrogen (secondary N) is 1. The van der Waals surface area contributed by atoms with Gasteiger partial charge in [0.25, 0.3) is 0 Å². The first kappa shape index (κ1) is 55.8. The van der Waals surface area contributed by atoms with Gasteiger partial charge in [0.15, 0.2) is 6.29 Å². The van der Waals surface area contributed by atoms with E-state index in [1.807, 2.05) is 6.08 Å². The van der Waals surface area contributed by atoms with Crippen molar-refractivity contribution < 1.29 is 57.0 Å². The molecular weight excluding hydrogens is 779 g/mol. The van der Waals surface area contributed by atoms with Crippen LogP contribution in [0.4, 0.5) is 0 Å². The Morgan fingerprint density at radius 3 is 1.53 bits per heavy atom. The highest BCUT2D eigenvalue weighted by Crippen LogP contribution is 2.26. The first-order valence-electron chi connectivity index (χ1n) is 23.7. The van der Waals surface area contributed by atoms with Crippen LogP contribution >= 0.6 is 0 Å². The van der Waals surface area contributed by atoms with Gasteiger partial charge in [-0.3, -0.25) is 9.35 Å². The van der Waals surface area contributed by atoms with Crippen molar-refractivity contribution in [3.05, 3.63) is 12.2 Å². The summed E-state index contributed by atoms with van der Waals surface area (Å²) in [5.74, 6) is -0.700. The van der Waals surface area contributed by atoms with Crippen LogP contribution in [0.3, 0.4) is 0 Å². The van der Waals surface area contributed by atoms with Crippen molar-refractivity contribution in [1.82, 2.24) is 5.32 Å². The summed E-state index contributed by atoms with van der Waals surface area (Å²) in [4.78, 5) is 13.1. The summed E-state index contributed by atoms with van der Waals surface area (Å²) in [6, 6.07) is -1.11. The van der Waals surface area contributed by atoms with E-state index in [0.717, 1.165) is 38.5 Å². The highest BCUT2D eigenvalue weighted by molar-refractivity contribution is 7.80. The van der Waals surface area contributed by atoms with E-state index in [0.29, 0.717) is 12.8 Å². The second-order valence-electron chi connectivity index (χ2n) is 16.8. The maximum atomic E-state index is 13.1. The molecule has 1 aliphatic rings. The van der Waals surface area contributed by atoms with Gasteiger partial charge in [-0.05, 0) is 19.3 Å². The fourth-order valence-corrected chi connectivity index (χ4v) is 8.15. The lowest BCUT2D eigenvalue weighted by atomic mass is 9.99. The van der Waals surface area contributed by atoms with Gasteiger partial charge in [0, 0.05) is 0 Å². The van der Waals surface area contributed by atoms with Crippen LogP contribution in [0.15, 0.2) is 12.2 Å². The number of allylic oxidation sites excluding steroid dienone is 1. The minimum absolute atomic E-state index is 0.248. The van der Waals surface area contributed by atoms with Crippen LogP contribution in [-0.2, 0) is 28.9 Å². The van der Waals surface area contributed by atoms with Gasteiger partial charge in [-0.1, -0.05) is 199 Å². The zero-order valence-corrected chi connectivity index (χ0v) is 37.8. The van der Waals surface area contributed by atoms with E-state index < -0.39 is 78.5 Å². The van der Waals surface area contributed by atoms with Gasteiger partial charge in [0.2, 0.25) is 5.91 Å². The predicted molar refractivity (Wildman–Crippen MR) is 233 cm³/mol. The Bertz CT molecular complexity index is 1130. The predicted octanol–water partition coefficient (Wildman–Crippen LogP) is 8.14. The van der Waals surface area contributed by atoms with E-state index in [4.69, 9.17) is 9.47 Å². The lowest BCUT2D eigenvalue weighted by Gasteiger charge is -2.41. The summed E-state index contributed by atoms with van der Waals surface area (Å²) in [5, 5.41) is 55.2. The van der Waals surface area contributed by atoms with Crippen LogP contribution in [0.25, 0.3) is 0 Å². The Labute approximate surface area is 358 Å². The fraction of sp³-hybridized carbons (Fsp3) is 0.933. The molecule has 0 aromatic rings. The summed E-state index contributed by atoms with van der Waals surface area (Å²) < 4.78 is 47.5. The number of carbonyl (C=O) groups excluding carboxylic acids is 1. The number of rotatable bonds is 40. The average Bonchev–Trinajstić information content (AvgIpc) is 3.20. The smallest absolute Gasteiger partial charge is 0.394 e. The number of aliphatic hydroxyl groups is 5. The molecule has 0 bridgehead atoms. The Morgan fingerprint density at radius 1 is 0.678 bits per heavy atom. The van der Waals surface area contributed by atoms with E-state index in [-0.39, 0.29) is 6.42 Å². The van der Waals surface area contributed by atoms with Gasteiger partial charge in [-0.25, -0.2) is 4.18 Å². The Balaban J connectivity index is 2.57. The summed E-state index contributed by atoms with van der Waals surface area (Å²) in [6.45, 7) is 3.22. The van der Waals surface area contributed by atoms with Crippen LogP contribution in [0.5, 0.6) is 0 Å². The standard InChI is InChI=1S/C45H87NO12S/c1-3-5-7-9-11-13-15-17-19-20-22-24-26-28-30-32-34-39(49)44(52)46-37(36-56-45-42(51)43(58-59(53,54)55)41(50)40(35-47)57-45)38(48)33-31-29-27-25-23-21-18-16-14-12-10-8-6-4-2/h31,33,37-43,45,47-51H,3-30,32,34-36H2,1-2H3,(H,46,52)(H,53,54,55)/b33-31+. The summed E-state index contributed by atoms with van der Waals surface area (Å²) in [5.41, 5.74) is 0. The van der Waals surface area contributed by atoms with Crippen LogP contribution in [0.1, 0.15) is 206 Å². The Kier molecular flexibility index (Phi) is 34.3. The Hall–Kier alpha value is -1.20. The van der Waals surface area contributed by atoms with Crippen LogP contribution in [0.2, 0.25) is 0 Å². The number of carbonyl (C=O) groups is 1. The second-order valence-corrected chi connectivity index (χ2v) is 17.9. The second kappa shape index (κ2) is 36.3. The van der Waals surface area contributed by atoms with E-state index in [1.54, 1.807) is 0 Å². The molecule has 8 atom stereocenters. The van der Waals surface area contributed by atoms with Gasteiger partial charge in [-0.15, -0.1) is 0 Å². The Morgan fingerprint density at radius 2 is 1.10 bits per heavy atom. The molecule has 1 heterocycles. The normalized spacial score (nSPS) is 21.5. The molecular formula is C45H87NO12S. The van der Waals surface area contributed by atoms with Crippen LogP contribution < -0.4 is 5.32 Å². The summed E-state index contributed by atoms with van der Waals surface area (Å²) in [7, 11) is -5.11. The number of aliphatic hydroxyl groups excluding tert-OH is 5. The largest absolute Gasteiger partial charge is 0.397 e. The van der Waals surface area contributed by atoms with Gasteiger partial charge in [-0.2, -0.15) is 8.42 Å². The molecule has 1 amide bonds. The topological polar surface area (TPSA) is 212 Å². The third-order valence-electron chi connectivity index (χ3n) is 11.4. The molecule has 0 saturated carbocycles. The first-order valence-corrected chi connectivity index (χ1v) is 25.0. The number of hydrogen-bond acceptors (Lipinski definition) is 11. The molecule has 59 heavy (non-hydrogen) atoms. The SMILES string of the molecule is CCCCCCCCCCCCCC/C=C/C(O)C(COC1OC(CO)C(O)C(OS(=O)(=O)O)C1O)NC(=O)C(O)CCCCCCCCCCCCCCCCCC. The summed E-state index contributed by atoms with van der Waals surface area (Å²) in [6.07, 6.45) is 27.2. The van der Waals surface area contributed by atoms with Crippen molar-refractivity contribution in [2.24, 2.45) is 0 Å². The zero-order valence-electron chi connectivity index (χ0n) is 36.9. The molecule has 1 saturated heterocycles. The minimum Gasteiger partial charge on any atom is -0.394 e. The van der Waals surface area contributed by atoms with Crippen molar-refractivity contribution in [2.45, 2.75) is 255 Å². The van der Waals surface area contributed by atoms with E-state index in [9.17, 15) is 43.3 Å². The fourth-order valence-electron chi connectivity index (χ4n) is 7.64. The van der Waals surface area contributed by atoms with Crippen molar-refractivity contribution in [3.8, 4) is 0 Å². The van der Waals surface area contributed by atoms with Gasteiger partial charge < -0.3 is 40.3 Å². The van der Waals surface area contributed by atoms with Gasteiger partial charge in [0.05, 0.1) is 25.4 Å². The van der Waals surface area contributed by atoms with E-state index in [1.165, 1.54) is 141 Å². The zero-order chi connectivity index (χ0) is 43.6. The summed E-state index contributed by atoms with van der Waals surface area (Å²) >= 11 is 0. The number of ether oxygens (including phenoxy) is 2. The molecule has 0 spiro atoms. The molecule has 0 aliphatic carbocycles. The highest BCUT2D eigenvalue weighted by atomic mass is 32.3. The quantitative estimate of drug-likeness (QED) is 0.0177. The van der Waals surface area contributed by atoms with Crippen molar-refractivity contribution in [3.63, 3.8) is 0 Å². The van der Waals surface area contributed by atoms with Crippen LogP contribution in [0, 0.1) is 0 Å². The molecule has 1 fully saturated rings. The molecule has 1 aliphatic heterocycles.